The minimum absolute atomic E-state index is 0.125. The van der Waals surface area contributed by atoms with Crippen molar-refractivity contribution in [2.75, 3.05) is 27.7 Å². The molecule has 0 radical (unpaired) electrons. The average Bonchev–Trinajstić information content (AvgIpc) is 3.02. The number of fused-ring (bicyclic) bond motifs is 1. The highest BCUT2D eigenvalue weighted by Crippen LogP contribution is 2.52. The first-order chi connectivity index (χ1) is 13.9. The Morgan fingerprint density at radius 3 is 2.57 bits per heavy atom. The molecule has 6 atom stereocenters. The summed E-state index contributed by atoms with van der Waals surface area (Å²) in [5, 5.41) is 0. The lowest BCUT2D eigenvalue weighted by Crippen LogP contribution is -2.60. The number of hydrogen-bond donors (Lipinski definition) is 1. The molecule has 3 aliphatic rings. The van der Waals surface area contributed by atoms with Crippen molar-refractivity contribution in [2.24, 2.45) is 28.9 Å². The van der Waals surface area contributed by atoms with E-state index >= 15 is 0 Å². The lowest BCUT2D eigenvalue weighted by atomic mass is 9.61. The second kappa shape index (κ2) is 8.72. The van der Waals surface area contributed by atoms with Crippen LogP contribution in [-0.4, -0.2) is 63.0 Å². The van der Waals surface area contributed by atoms with Crippen molar-refractivity contribution in [1.29, 1.82) is 0 Å². The van der Waals surface area contributed by atoms with Crippen LogP contribution in [0.2, 0.25) is 6.32 Å². The van der Waals surface area contributed by atoms with Crippen LogP contribution in [0.25, 0.3) is 0 Å². The molecule has 0 spiro atoms. The van der Waals surface area contributed by atoms with E-state index in [1.54, 1.807) is 0 Å². The van der Waals surface area contributed by atoms with Gasteiger partial charge in [-0.2, -0.15) is 0 Å². The number of rotatable bonds is 6. The van der Waals surface area contributed by atoms with Crippen LogP contribution in [-0.2, 0) is 18.8 Å². The van der Waals surface area contributed by atoms with E-state index < -0.39 is 5.54 Å². The molecular formula is C23H43BN2O4. The van der Waals surface area contributed by atoms with Crippen molar-refractivity contribution in [3.63, 3.8) is 0 Å². The minimum Gasteiger partial charge on any atom is -0.468 e. The van der Waals surface area contributed by atoms with Crippen LogP contribution in [0.1, 0.15) is 66.2 Å². The Balaban J connectivity index is 1.60. The van der Waals surface area contributed by atoms with Crippen LogP contribution in [0.15, 0.2) is 0 Å². The third-order valence-corrected chi connectivity index (χ3v) is 8.66. The molecule has 30 heavy (non-hydrogen) atoms. The first-order valence-corrected chi connectivity index (χ1v) is 11.8. The SMILES string of the molecule is COC(=O)[C@@]1(N)C[C@H](CCB2O[C@H]3CCC(C)(C)[C@@H](C)[C@@]3(C)O2)CC[C@H]1CN(C)C. The second-order valence-electron chi connectivity index (χ2n) is 11.3. The zero-order valence-corrected chi connectivity index (χ0v) is 20.2. The number of ether oxygens (including phenoxy) is 1. The molecule has 0 unspecified atom stereocenters. The summed E-state index contributed by atoms with van der Waals surface area (Å²) in [5.41, 5.74) is 5.84. The summed E-state index contributed by atoms with van der Waals surface area (Å²) in [4.78, 5) is 14.7. The predicted molar refractivity (Wildman–Crippen MR) is 120 cm³/mol. The zero-order chi connectivity index (χ0) is 22.3. The van der Waals surface area contributed by atoms with Crippen molar-refractivity contribution in [1.82, 2.24) is 4.90 Å². The van der Waals surface area contributed by atoms with Gasteiger partial charge in [-0.3, -0.25) is 4.79 Å². The fourth-order valence-electron chi connectivity index (χ4n) is 6.26. The lowest BCUT2D eigenvalue weighted by molar-refractivity contribution is -0.152. The molecule has 2 saturated carbocycles. The Hall–Kier alpha value is -0.625. The van der Waals surface area contributed by atoms with Gasteiger partial charge < -0.3 is 24.7 Å². The molecule has 172 valence electrons. The van der Waals surface area contributed by atoms with E-state index in [-0.39, 0.29) is 36.1 Å². The van der Waals surface area contributed by atoms with E-state index in [2.05, 4.69) is 32.6 Å². The molecule has 1 saturated heterocycles. The van der Waals surface area contributed by atoms with Crippen LogP contribution in [0.4, 0.5) is 0 Å². The molecule has 3 fully saturated rings. The zero-order valence-electron chi connectivity index (χ0n) is 20.2. The van der Waals surface area contributed by atoms with E-state index in [9.17, 15) is 4.79 Å². The topological polar surface area (TPSA) is 74.0 Å². The molecule has 7 heteroatoms. The van der Waals surface area contributed by atoms with Crippen molar-refractivity contribution in [3.8, 4) is 0 Å². The monoisotopic (exact) mass is 422 g/mol. The second-order valence-corrected chi connectivity index (χ2v) is 11.3. The Morgan fingerprint density at radius 1 is 1.23 bits per heavy atom. The first-order valence-electron chi connectivity index (χ1n) is 11.8. The Labute approximate surface area is 183 Å². The van der Waals surface area contributed by atoms with E-state index in [0.29, 0.717) is 18.3 Å². The van der Waals surface area contributed by atoms with E-state index in [1.807, 2.05) is 14.1 Å². The Bertz CT molecular complexity index is 630. The normalized spacial score (nSPS) is 41.0. The summed E-state index contributed by atoms with van der Waals surface area (Å²) in [5.74, 6) is 0.692. The largest absolute Gasteiger partial charge is 0.468 e. The minimum atomic E-state index is -0.905. The van der Waals surface area contributed by atoms with Crippen LogP contribution < -0.4 is 5.73 Å². The predicted octanol–water partition coefficient (Wildman–Crippen LogP) is 3.34. The van der Waals surface area contributed by atoms with Gasteiger partial charge in [0, 0.05) is 12.5 Å². The summed E-state index contributed by atoms with van der Waals surface area (Å²) in [6.45, 7) is 10.0. The lowest BCUT2D eigenvalue weighted by Gasteiger charge is -2.49. The van der Waals surface area contributed by atoms with Crippen molar-refractivity contribution in [2.45, 2.75) is 89.8 Å². The molecule has 1 heterocycles. The number of carbonyl (C=O) groups is 1. The summed E-state index contributed by atoms with van der Waals surface area (Å²) >= 11 is 0. The molecule has 2 aliphatic carbocycles. The van der Waals surface area contributed by atoms with Crippen molar-refractivity contribution >= 4 is 13.1 Å². The smallest absolute Gasteiger partial charge is 0.457 e. The maximum atomic E-state index is 12.6. The molecule has 6 nitrogen and oxygen atoms in total. The standard InChI is InChI=1S/C23H43BN2O4/c1-16-21(2,3)12-10-19-22(16,4)30-24(29-19)13-11-17-8-9-18(15-26(5)6)23(25,14-17)20(27)28-7/h16-19H,8-15,25H2,1-7H3/t16-,17+,18+,19+,22-,23-/m1/s1. The van der Waals surface area contributed by atoms with Crippen LogP contribution >= 0.6 is 0 Å². The van der Waals surface area contributed by atoms with Crippen molar-refractivity contribution in [3.05, 3.63) is 0 Å². The van der Waals surface area contributed by atoms with E-state index in [4.69, 9.17) is 19.8 Å². The summed E-state index contributed by atoms with van der Waals surface area (Å²) < 4.78 is 18.0. The number of nitrogens with zero attached hydrogens (tertiary/aromatic N) is 1. The van der Waals surface area contributed by atoms with Gasteiger partial charge in [0.05, 0.1) is 18.8 Å². The Morgan fingerprint density at radius 2 is 1.93 bits per heavy atom. The van der Waals surface area contributed by atoms with Crippen molar-refractivity contribution < 1.29 is 18.8 Å². The van der Waals surface area contributed by atoms with Crippen LogP contribution in [0.5, 0.6) is 0 Å². The number of nitrogens with two attached hydrogens (primary N) is 1. The van der Waals surface area contributed by atoms with E-state index in [1.165, 1.54) is 13.5 Å². The molecule has 0 aromatic rings. The molecule has 2 N–H and O–H groups in total. The molecular weight excluding hydrogens is 379 g/mol. The van der Waals surface area contributed by atoms with Crippen LogP contribution in [0, 0.1) is 23.2 Å². The molecule has 0 aromatic heterocycles. The number of esters is 1. The highest BCUT2D eigenvalue weighted by atomic mass is 16.7. The fourth-order valence-corrected chi connectivity index (χ4v) is 6.26. The third-order valence-electron chi connectivity index (χ3n) is 8.66. The first kappa shape index (κ1) is 24.0. The van der Waals surface area contributed by atoms with Gasteiger partial charge in [0.25, 0.3) is 0 Å². The van der Waals surface area contributed by atoms with Gasteiger partial charge in [0.15, 0.2) is 0 Å². The van der Waals surface area contributed by atoms with Gasteiger partial charge in [0.2, 0.25) is 0 Å². The third kappa shape index (κ3) is 4.46. The number of methoxy groups -OCH3 is 1. The number of carbonyl (C=O) groups excluding carboxylic acids is 1. The van der Waals surface area contributed by atoms with Gasteiger partial charge in [-0.25, -0.2) is 0 Å². The van der Waals surface area contributed by atoms with E-state index in [0.717, 1.165) is 38.5 Å². The molecule has 0 aromatic carbocycles. The fraction of sp³-hybridized carbons (Fsp3) is 0.957. The maximum Gasteiger partial charge on any atom is 0.457 e. The van der Waals surface area contributed by atoms with Crippen LogP contribution in [0.3, 0.4) is 0 Å². The molecule has 0 amide bonds. The van der Waals surface area contributed by atoms with Gasteiger partial charge in [-0.1, -0.05) is 27.2 Å². The van der Waals surface area contributed by atoms with Gasteiger partial charge in [0.1, 0.15) is 5.54 Å². The molecule has 3 rings (SSSR count). The Kier molecular flexibility index (Phi) is 6.99. The quantitative estimate of drug-likeness (QED) is 0.523. The number of hydrogen-bond acceptors (Lipinski definition) is 6. The molecule has 0 bridgehead atoms. The maximum absolute atomic E-state index is 12.6. The average molecular weight is 422 g/mol. The summed E-state index contributed by atoms with van der Waals surface area (Å²) in [6, 6.07) is 0. The summed E-state index contributed by atoms with van der Waals surface area (Å²) in [7, 11) is 5.35. The highest BCUT2D eigenvalue weighted by Gasteiger charge is 2.57. The van der Waals surface area contributed by atoms with Gasteiger partial charge in [-0.05, 0) is 76.7 Å². The summed E-state index contributed by atoms with van der Waals surface area (Å²) in [6.07, 6.45) is 6.97. The molecule has 1 aliphatic heterocycles. The van der Waals surface area contributed by atoms with Gasteiger partial charge in [-0.15, -0.1) is 0 Å². The van der Waals surface area contributed by atoms with Gasteiger partial charge >= 0.3 is 13.1 Å². The highest BCUT2D eigenvalue weighted by molar-refractivity contribution is 6.45.